The number of rotatable bonds is 7. The molecule has 0 saturated heterocycles. The summed E-state index contributed by atoms with van der Waals surface area (Å²) in [5, 5.41) is 0. The second-order valence-electron chi connectivity index (χ2n) is 7.59. The van der Waals surface area contributed by atoms with Crippen molar-refractivity contribution in [3.05, 3.63) is 93.5 Å². The van der Waals surface area contributed by atoms with Crippen LogP contribution in [0.2, 0.25) is 0 Å². The van der Waals surface area contributed by atoms with E-state index in [0.29, 0.717) is 0 Å². The number of hydrogen-bond donors (Lipinski definition) is 0. The zero-order valence-electron chi connectivity index (χ0n) is 18.5. The van der Waals surface area contributed by atoms with Crippen LogP contribution in [0.15, 0.2) is 54.6 Å². The number of ether oxygens (including phenoxy) is 2. The van der Waals surface area contributed by atoms with Gasteiger partial charge in [-0.2, -0.15) is 0 Å². The molecule has 2 heteroatoms. The monoisotopic (exact) mass is 388 g/mol. The van der Waals surface area contributed by atoms with Crippen LogP contribution in [-0.4, -0.2) is 14.2 Å². The van der Waals surface area contributed by atoms with Gasteiger partial charge in [-0.3, -0.25) is 0 Å². The third-order valence-electron chi connectivity index (χ3n) is 5.84. The van der Waals surface area contributed by atoms with Gasteiger partial charge in [0.05, 0.1) is 14.2 Å². The van der Waals surface area contributed by atoms with Crippen molar-refractivity contribution in [3.63, 3.8) is 0 Å². The van der Waals surface area contributed by atoms with Crippen molar-refractivity contribution in [2.24, 2.45) is 0 Å². The Morgan fingerprint density at radius 1 is 0.690 bits per heavy atom. The normalized spacial score (nSPS) is 11.0. The molecule has 0 aliphatic heterocycles. The molecule has 0 fully saturated rings. The van der Waals surface area contributed by atoms with E-state index in [0.717, 1.165) is 35.5 Å². The van der Waals surface area contributed by atoms with Crippen LogP contribution >= 0.6 is 0 Å². The summed E-state index contributed by atoms with van der Waals surface area (Å²) in [6, 6.07) is 19.9. The van der Waals surface area contributed by atoms with Gasteiger partial charge in [-0.25, -0.2) is 0 Å². The largest absolute Gasteiger partial charge is 0.496 e. The van der Waals surface area contributed by atoms with Crippen LogP contribution in [0.3, 0.4) is 0 Å². The van der Waals surface area contributed by atoms with Crippen LogP contribution in [-0.2, 0) is 12.8 Å². The van der Waals surface area contributed by atoms with Crippen molar-refractivity contribution in [2.45, 2.75) is 46.5 Å². The SMILES string of the molecule is CCc1cccc(CC)c1C(c1ccc(OC)c(C)c1)c1ccc(OC)c(C)c1. The molecule has 0 aliphatic rings. The van der Waals surface area contributed by atoms with Crippen LogP contribution in [0.1, 0.15) is 58.7 Å². The van der Waals surface area contributed by atoms with Gasteiger partial charge in [-0.1, -0.05) is 56.3 Å². The molecule has 0 atom stereocenters. The summed E-state index contributed by atoms with van der Waals surface area (Å²) in [7, 11) is 3.46. The van der Waals surface area contributed by atoms with E-state index < -0.39 is 0 Å². The molecule has 0 bridgehead atoms. The van der Waals surface area contributed by atoms with Gasteiger partial charge in [0.2, 0.25) is 0 Å². The summed E-state index contributed by atoms with van der Waals surface area (Å²) in [5.74, 6) is 2.03. The first-order chi connectivity index (χ1) is 14.0. The van der Waals surface area contributed by atoms with Crippen LogP contribution in [0.4, 0.5) is 0 Å². The second kappa shape index (κ2) is 9.17. The highest BCUT2D eigenvalue weighted by molar-refractivity contribution is 5.53. The third kappa shape index (κ3) is 4.17. The third-order valence-corrected chi connectivity index (χ3v) is 5.84. The Morgan fingerprint density at radius 2 is 1.14 bits per heavy atom. The molecular formula is C27H32O2. The Balaban J connectivity index is 2.29. The zero-order valence-corrected chi connectivity index (χ0v) is 18.5. The lowest BCUT2D eigenvalue weighted by atomic mass is 9.78. The molecule has 152 valence electrons. The summed E-state index contributed by atoms with van der Waals surface area (Å²) < 4.78 is 11.0. The maximum atomic E-state index is 5.51. The van der Waals surface area contributed by atoms with E-state index in [9.17, 15) is 0 Å². The van der Waals surface area contributed by atoms with Crippen LogP contribution in [0.25, 0.3) is 0 Å². The van der Waals surface area contributed by atoms with E-state index in [2.05, 4.69) is 82.3 Å². The van der Waals surface area contributed by atoms with E-state index in [1.165, 1.54) is 27.8 Å². The first kappa shape index (κ1) is 21.0. The summed E-state index contributed by atoms with van der Waals surface area (Å²) in [6.07, 6.45) is 2.04. The van der Waals surface area contributed by atoms with Gasteiger partial charge in [0.25, 0.3) is 0 Å². The molecule has 0 unspecified atom stereocenters. The molecule has 0 amide bonds. The smallest absolute Gasteiger partial charge is 0.121 e. The van der Waals surface area contributed by atoms with Crippen molar-refractivity contribution >= 4 is 0 Å². The number of methoxy groups -OCH3 is 2. The average molecular weight is 389 g/mol. The Hall–Kier alpha value is -2.74. The van der Waals surface area contributed by atoms with Gasteiger partial charge in [0, 0.05) is 5.92 Å². The van der Waals surface area contributed by atoms with Crippen molar-refractivity contribution in [1.29, 1.82) is 0 Å². The van der Waals surface area contributed by atoms with Gasteiger partial charge in [-0.15, -0.1) is 0 Å². The van der Waals surface area contributed by atoms with Crippen molar-refractivity contribution in [1.82, 2.24) is 0 Å². The lowest BCUT2D eigenvalue weighted by molar-refractivity contribution is 0.411. The highest BCUT2D eigenvalue weighted by Gasteiger charge is 2.23. The minimum atomic E-state index is 0.176. The first-order valence-electron chi connectivity index (χ1n) is 10.4. The van der Waals surface area contributed by atoms with Crippen LogP contribution in [0.5, 0.6) is 11.5 Å². The molecule has 3 aromatic carbocycles. The Labute approximate surface area is 175 Å². The van der Waals surface area contributed by atoms with E-state index in [-0.39, 0.29) is 5.92 Å². The van der Waals surface area contributed by atoms with Crippen LogP contribution in [0, 0.1) is 13.8 Å². The number of aryl methyl sites for hydroxylation is 4. The molecule has 0 N–H and O–H groups in total. The fraction of sp³-hybridized carbons (Fsp3) is 0.333. The highest BCUT2D eigenvalue weighted by Crippen LogP contribution is 2.39. The van der Waals surface area contributed by atoms with E-state index in [1.54, 1.807) is 14.2 Å². The molecule has 0 radical (unpaired) electrons. The molecule has 0 aliphatic carbocycles. The number of benzene rings is 3. The van der Waals surface area contributed by atoms with E-state index >= 15 is 0 Å². The fourth-order valence-electron chi connectivity index (χ4n) is 4.34. The first-order valence-corrected chi connectivity index (χ1v) is 10.4. The number of hydrogen-bond acceptors (Lipinski definition) is 2. The van der Waals surface area contributed by atoms with Gasteiger partial charge in [0.1, 0.15) is 11.5 Å². The molecule has 29 heavy (non-hydrogen) atoms. The maximum absolute atomic E-state index is 5.51. The molecular weight excluding hydrogens is 356 g/mol. The average Bonchev–Trinajstić information content (AvgIpc) is 2.74. The Morgan fingerprint density at radius 3 is 1.48 bits per heavy atom. The lowest BCUT2D eigenvalue weighted by Gasteiger charge is -2.26. The van der Waals surface area contributed by atoms with E-state index in [4.69, 9.17) is 9.47 Å². The minimum absolute atomic E-state index is 0.176. The molecule has 0 saturated carbocycles. The summed E-state index contributed by atoms with van der Waals surface area (Å²) in [4.78, 5) is 0. The zero-order chi connectivity index (χ0) is 21.0. The van der Waals surface area contributed by atoms with Crippen molar-refractivity contribution in [3.8, 4) is 11.5 Å². The maximum Gasteiger partial charge on any atom is 0.121 e. The highest BCUT2D eigenvalue weighted by atomic mass is 16.5. The molecule has 2 nitrogen and oxygen atoms in total. The van der Waals surface area contributed by atoms with Crippen molar-refractivity contribution in [2.75, 3.05) is 14.2 Å². The van der Waals surface area contributed by atoms with Gasteiger partial charge < -0.3 is 9.47 Å². The summed E-state index contributed by atoms with van der Waals surface area (Å²) in [6.45, 7) is 8.72. The lowest BCUT2D eigenvalue weighted by Crippen LogP contribution is -2.11. The second-order valence-corrected chi connectivity index (χ2v) is 7.59. The fourth-order valence-corrected chi connectivity index (χ4v) is 4.34. The molecule has 0 spiro atoms. The molecule has 0 aromatic heterocycles. The minimum Gasteiger partial charge on any atom is -0.496 e. The Bertz CT molecular complexity index is 912. The van der Waals surface area contributed by atoms with Crippen molar-refractivity contribution < 1.29 is 9.47 Å². The van der Waals surface area contributed by atoms with Crippen LogP contribution < -0.4 is 9.47 Å². The van der Waals surface area contributed by atoms with Gasteiger partial charge in [-0.05, 0) is 77.8 Å². The van der Waals surface area contributed by atoms with E-state index in [1.807, 2.05) is 0 Å². The summed E-state index contributed by atoms with van der Waals surface area (Å²) >= 11 is 0. The van der Waals surface area contributed by atoms with Gasteiger partial charge in [0.15, 0.2) is 0 Å². The molecule has 3 rings (SSSR count). The predicted molar refractivity (Wildman–Crippen MR) is 122 cm³/mol. The molecule has 0 heterocycles. The predicted octanol–water partition coefficient (Wildman–Crippen LogP) is 6.63. The quantitative estimate of drug-likeness (QED) is 0.423. The summed E-state index contributed by atoms with van der Waals surface area (Å²) in [5.41, 5.74) is 9.17. The molecule has 3 aromatic rings. The topological polar surface area (TPSA) is 18.5 Å². The Kier molecular flexibility index (Phi) is 6.64. The van der Waals surface area contributed by atoms with Gasteiger partial charge >= 0.3 is 0 Å². The standard InChI is InChI=1S/C27H32O2/c1-7-20-10-9-11-21(8-2)26(20)27(22-12-14-24(28-5)18(3)16-22)23-13-15-25(29-6)19(4)17-23/h9-17,27H,7-8H2,1-6H3.